The Balaban J connectivity index is 1.52. The maximum absolute atomic E-state index is 14.1. The van der Waals surface area contributed by atoms with Gasteiger partial charge in [-0.2, -0.15) is 0 Å². The van der Waals surface area contributed by atoms with Crippen molar-refractivity contribution in [3.8, 4) is 0 Å². The molecule has 3 amide bonds. The molecular formula is C33H37F2N3O5. The maximum Gasteiger partial charge on any atom is 0.323 e. The van der Waals surface area contributed by atoms with Gasteiger partial charge >= 0.3 is 5.97 Å². The van der Waals surface area contributed by atoms with E-state index in [0.29, 0.717) is 17.5 Å². The van der Waals surface area contributed by atoms with E-state index >= 15 is 0 Å². The quantitative estimate of drug-likeness (QED) is 0.236. The Bertz CT molecular complexity index is 1490. The number of nitrogens with one attached hydrogen (secondary N) is 2. The molecule has 0 bridgehead atoms. The number of fused-ring (bicyclic) bond motifs is 2. The third-order valence-corrected chi connectivity index (χ3v) is 7.06. The van der Waals surface area contributed by atoms with Crippen molar-refractivity contribution in [1.82, 2.24) is 15.5 Å². The fourth-order valence-corrected chi connectivity index (χ4v) is 5.02. The predicted octanol–water partition coefficient (Wildman–Crippen LogP) is 5.14. The van der Waals surface area contributed by atoms with Crippen molar-refractivity contribution < 1.29 is 32.7 Å². The summed E-state index contributed by atoms with van der Waals surface area (Å²) in [5, 5.41) is 7.41. The molecule has 3 aromatic carbocycles. The summed E-state index contributed by atoms with van der Waals surface area (Å²) in [6.45, 7) is 8.70. The minimum atomic E-state index is -1.04. The summed E-state index contributed by atoms with van der Waals surface area (Å²) in [4.78, 5) is 54.2. The Morgan fingerprint density at radius 2 is 1.51 bits per heavy atom. The van der Waals surface area contributed by atoms with E-state index < -0.39 is 53.0 Å². The van der Waals surface area contributed by atoms with Crippen LogP contribution in [0.25, 0.3) is 10.8 Å². The number of amides is 3. The first-order valence-electron chi connectivity index (χ1n) is 14.3. The van der Waals surface area contributed by atoms with Crippen molar-refractivity contribution in [3.63, 3.8) is 0 Å². The fraction of sp³-hybridized carbons (Fsp3) is 0.394. The molecule has 0 fully saturated rings. The second-order valence-corrected chi connectivity index (χ2v) is 12.2. The molecule has 10 heteroatoms. The van der Waals surface area contributed by atoms with Crippen LogP contribution in [0.15, 0.2) is 54.6 Å². The molecule has 0 aliphatic carbocycles. The zero-order chi connectivity index (χ0) is 31.5. The molecule has 4 rings (SSSR count). The van der Waals surface area contributed by atoms with Gasteiger partial charge in [0, 0.05) is 24.7 Å². The Kier molecular flexibility index (Phi) is 9.59. The lowest BCUT2D eigenvalue weighted by Crippen LogP contribution is -2.53. The number of carbonyl (C=O) groups excluding carboxylic acids is 4. The van der Waals surface area contributed by atoms with Gasteiger partial charge in [-0.3, -0.25) is 29.4 Å². The number of benzene rings is 3. The highest BCUT2D eigenvalue weighted by Crippen LogP contribution is 2.28. The highest BCUT2D eigenvalue weighted by Gasteiger charge is 2.38. The molecule has 1 heterocycles. The summed E-state index contributed by atoms with van der Waals surface area (Å²) in [6, 6.07) is 12.0. The molecule has 0 spiro atoms. The van der Waals surface area contributed by atoms with Crippen LogP contribution in [0.5, 0.6) is 0 Å². The number of rotatable bonds is 11. The van der Waals surface area contributed by atoms with Crippen molar-refractivity contribution in [2.45, 2.75) is 71.7 Å². The van der Waals surface area contributed by atoms with Crippen LogP contribution in [-0.2, 0) is 20.9 Å². The minimum Gasteiger partial charge on any atom is -0.459 e. The van der Waals surface area contributed by atoms with Crippen molar-refractivity contribution in [3.05, 3.63) is 82.9 Å². The standard InChI is InChI=1S/C33H37F2N3O5/c1-19(2)14-28(29(39)36-18-22-10-11-23(34)17-26(22)35)37-27(32(42)43-33(3,4)5)12-13-38-30(40)24-15-20-8-6-7-9-21(20)16-25(24)31(38)41/h6-11,15-17,19,27-28,37H,12-14,18H2,1-5H3,(H,36,39)/t27-,28+/m1/s1. The Morgan fingerprint density at radius 3 is 2.05 bits per heavy atom. The number of hydrogen-bond acceptors (Lipinski definition) is 6. The van der Waals surface area contributed by atoms with Crippen LogP contribution in [0.4, 0.5) is 8.78 Å². The van der Waals surface area contributed by atoms with Crippen molar-refractivity contribution >= 4 is 34.5 Å². The average molecular weight is 594 g/mol. The lowest BCUT2D eigenvalue weighted by molar-refractivity contribution is -0.158. The number of carbonyl (C=O) groups is 4. The van der Waals surface area contributed by atoms with E-state index in [1.54, 1.807) is 32.9 Å². The third kappa shape index (κ3) is 7.81. The summed E-state index contributed by atoms with van der Waals surface area (Å²) >= 11 is 0. The first kappa shape index (κ1) is 31.7. The molecule has 0 saturated carbocycles. The van der Waals surface area contributed by atoms with E-state index in [1.165, 1.54) is 6.07 Å². The van der Waals surface area contributed by atoms with Crippen molar-refractivity contribution in [2.24, 2.45) is 5.92 Å². The summed E-state index contributed by atoms with van der Waals surface area (Å²) in [6.07, 6.45) is 0.324. The van der Waals surface area contributed by atoms with Crippen molar-refractivity contribution in [1.29, 1.82) is 0 Å². The molecule has 2 N–H and O–H groups in total. The molecule has 0 unspecified atom stereocenters. The predicted molar refractivity (Wildman–Crippen MR) is 158 cm³/mol. The zero-order valence-electron chi connectivity index (χ0n) is 25.0. The van der Waals surface area contributed by atoms with Crippen LogP contribution in [0.2, 0.25) is 0 Å². The van der Waals surface area contributed by atoms with Crippen LogP contribution in [-0.4, -0.2) is 52.8 Å². The first-order chi connectivity index (χ1) is 20.2. The van der Waals surface area contributed by atoms with Gasteiger partial charge in [-0.05, 0) is 68.5 Å². The number of esters is 1. The number of ether oxygens (including phenoxy) is 1. The molecule has 1 aliphatic rings. The summed E-state index contributed by atoms with van der Waals surface area (Å²) in [5.74, 6) is -3.50. The average Bonchev–Trinajstić information content (AvgIpc) is 3.15. The lowest BCUT2D eigenvalue weighted by Gasteiger charge is -2.29. The van der Waals surface area contributed by atoms with Crippen LogP contribution in [0.1, 0.15) is 73.7 Å². The molecule has 0 radical (unpaired) electrons. The molecule has 43 heavy (non-hydrogen) atoms. The normalized spacial score (nSPS) is 14.7. The topological polar surface area (TPSA) is 105 Å². The van der Waals surface area contributed by atoms with Crippen LogP contribution < -0.4 is 10.6 Å². The first-order valence-corrected chi connectivity index (χ1v) is 14.3. The van der Waals surface area contributed by atoms with E-state index in [9.17, 15) is 28.0 Å². The van der Waals surface area contributed by atoms with Gasteiger partial charge in [0.1, 0.15) is 23.3 Å². The molecule has 1 aliphatic heterocycles. The summed E-state index contributed by atoms with van der Waals surface area (Å²) in [7, 11) is 0. The summed E-state index contributed by atoms with van der Waals surface area (Å²) < 4.78 is 33.1. The van der Waals surface area contributed by atoms with Gasteiger partial charge in [0.25, 0.3) is 11.8 Å². The van der Waals surface area contributed by atoms with E-state index in [-0.39, 0.29) is 31.0 Å². The Morgan fingerprint density at radius 1 is 0.907 bits per heavy atom. The van der Waals surface area contributed by atoms with Gasteiger partial charge in [-0.15, -0.1) is 0 Å². The molecule has 8 nitrogen and oxygen atoms in total. The van der Waals surface area contributed by atoms with Crippen LogP contribution in [0, 0.1) is 17.6 Å². The van der Waals surface area contributed by atoms with E-state index in [4.69, 9.17) is 4.74 Å². The Labute approximate surface area is 249 Å². The van der Waals surface area contributed by atoms with Crippen LogP contribution in [0.3, 0.4) is 0 Å². The maximum atomic E-state index is 14.1. The largest absolute Gasteiger partial charge is 0.459 e. The highest BCUT2D eigenvalue weighted by atomic mass is 19.1. The molecule has 0 aromatic heterocycles. The fourth-order valence-electron chi connectivity index (χ4n) is 5.02. The van der Waals surface area contributed by atoms with Gasteiger partial charge in [-0.25, -0.2) is 8.78 Å². The zero-order valence-corrected chi connectivity index (χ0v) is 25.0. The van der Waals surface area contributed by atoms with Gasteiger partial charge < -0.3 is 10.1 Å². The Hall–Kier alpha value is -4.18. The summed E-state index contributed by atoms with van der Waals surface area (Å²) in [5.41, 5.74) is -0.117. The smallest absolute Gasteiger partial charge is 0.323 e. The second kappa shape index (κ2) is 13.0. The number of nitrogens with zero attached hydrogens (tertiary/aromatic N) is 1. The molecule has 3 aromatic rings. The molecule has 2 atom stereocenters. The van der Waals surface area contributed by atoms with Gasteiger partial charge in [0.05, 0.1) is 17.2 Å². The van der Waals surface area contributed by atoms with E-state index in [2.05, 4.69) is 10.6 Å². The SMILES string of the molecule is CC(C)C[C@H](N[C@H](CCN1C(=O)c2cc3ccccc3cc2C1=O)C(=O)OC(C)(C)C)C(=O)NCc1ccc(F)cc1F. The molecule has 228 valence electrons. The van der Waals surface area contributed by atoms with E-state index in [0.717, 1.165) is 27.8 Å². The lowest BCUT2D eigenvalue weighted by atomic mass is 10.0. The van der Waals surface area contributed by atoms with Crippen molar-refractivity contribution in [2.75, 3.05) is 6.54 Å². The molecule has 0 saturated heterocycles. The molecular weight excluding hydrogens is 556 g/mol. The number of halogens is 2. The van der Waals surface area contributed by atoms with E-state index in [1.807, 2.05) is 38.1 Å². The number of imide groups is 1. The minimum absolute atomic E-state index is 0.00559. The highest BCUT2D eigenvalue weighted by molar-refractivity contribution is 6.23. The monoisotopic (exact) mass is 593 g/mol. The van der Waals surface area contributed by atoms with Gasteiger partial charge in [0.2, 0.25) is 5.91 Å². The second-order valence-electron chi connectivity index (χ2n) is 12.2. The van der Waals surface area contributed by atoms with Gasteiger partial charge in [0.15, 0.2) is 0 Å². The van der Waals surface area contributed by atoms with Crippen LogP contribution >= 0.6 is 0 Å². The third-order valence-electron chi connectivity index (χ3n) is 7.06. The number of hydrogen-bond donors (Lipinski definition) is 2. The van der Waals surface area contributed by atoms with Gasteiger partial charge in [-0.1, -0.05) is 44.2 Å².